The fourth-order valence-corrected chi connectivity index (χ4v) is 3.21. The number of nitrogens with zero attached hydrogens (tertiary/aromatic N) is 5. The summed E-state index contributed by atoms with van der Waals surface area (Å²) < 4.78 is 50.1. The van der Waals surface area contributed by atoms with Crippen LogP contribution in [0.15, 0.2) is 21.1 Å². The van der Waals surface area contributed by atoms with Crippen molar-refractivity contribution >= 4 is 16.3 Å². The summed E-state index contributed by atoms with van der Waals surface area (Å²) in [5.74, 6) is 0.536. The number of hydrogen-bond donors (Lipinski definition) is 0. The second-order valence-corrected chi connectivity index (χ2v) is 6.32. The molecule has 0 radical (unpaired) electrons. The SMILES string of the molecule is Cc1noc(C)c1Cc1ccc(-c2nn3c(C(F)(F)F)nnc3s2)o1. The first-order valence-electron chi connectivity index (χ1n) is 7.13. The van der Waals surface area contributed by atoms with Crippen LogP contribution in [-0.2, 0) is 12.6 Å². The standard InChI is InChI=1S/C14H10F3N5O2S/c1-6-9(7(2)24-21-6)5-8-3-4-10(23-8)11-20-22-12(14(15,16)17)18-19-13(22)25-11/h3-4H,5H2,1-2H3. The summed E-state index contributed by atoms with van der Waals surface area (Å²) in [5.41, 5.74) is 1.68. The summed E-state index contributed by atoms with van der Waals surface area (Å²) in [6.07, 6.45) is -4.15. The highest BCUT2D eigenvalue weighted by Crippen LogP contribution is 2.32. The van der Waals surface area contributed by atoms with Gasteiger partial charge in [-0.3, -0.25) is 0 Å². The van der Waals surface area contributed by atoms with Crippen LogP contribution in [0, 0.1) is 13.8 Å². The van der Waals surface area contributed by atoms with E-state index in [-0.39, 0.29) is 4.96 Å². The van der Waals surface area contributed by atoms with Crippen LogP contribution >= 0.6 is 11.3 Å². The minimum atomic E-state index is -4.62. The molecule has 0 amide bonds. The molecule has 0 aliphatic rings. The van der Waals surface area contributed by atoms with Gasteiger partial charge in [-0.25, -0.2) is 0 Å². The van der Waals surface area contributed by atoms with Crippen molar-refractivity contribution in [2.75, 3.05) is 0 Å². The lowest BCUT2D eigenvalue weighted by Gasteiger charge is -1.99. The number of rotatable bonds is 3. The summed E-state index contributed by atoms with van der Waals surface area (Å²) in [7, 11) is 0. The monoisotopic (exact) mass is 369 g/mol. The van der Waals surface area contributed by atoms with Crippen molar-refractivity contribution in [3.8, 4) is 10.8 Å². The van der Waals surface area contributed by atoms with E-state index in [1.165, 1.54) is 0 Å². The first kappa shape index (κ1) is 15.8. The molecule has 0 saturated heterocycles. The second-order valence-electron chi connectivity index (χ2n) is 5.37. The van der Waals surface area contributed by atoms with E-state index in [0.717, 1.165) is 22.6 Å². The van der Waals surface area contributed by atoms with Crippen LogP contribution in [0.3, 0.4) is 0 Å². The number of hydrogen-bond acceptors (Lipinski definition) is 7. The third kappa shape index (κ3) is 2.69. The van der Waals surface area contributed by atoms with Crippen LogP contribution < -0.4 is 0 Å². The molecule has 0 saturated carbocycles. The Hall–Kier alpha value is -2.69. The molecule has 0 aliphatic carbocycles. The molecule has 0 aliphatic heterocycles. The lowest BCUT2D eigenvalue weighted by atomic mass is 10.1. The van der Waals surface area contributed by atoms with Crippen LogP contribution in [0.4, 0.5) is 13.2 Å². The summed E-state index contributed by atoms with van der Waals surface area (Å²) in [5, 5.41) is 14.7. The fourth-order valence-electron chi connectivity index (χ4n) is 2.41. The fraction of sp³-hybridized carbons (Fsp3) is 0.286. The van der Waals surface area contributed by atoms with Crippen LogP contribution in [0.1, 0.15) is 28.6 Å². The third-order valence-electron chi connectivity index (χ3n) is 3.65. The average molecular weight is 369 g/mol. The zero-order chi connectivity index (χ0) is 17.8. The van der Waals surface area contributed by atoms with Crippen molar-refractivity contribution in [1.29, 1.82) is 0 Å². The Morgan fingerprint density at radius 3 is 2.68 bits per heavy atom. The van der Waals surface area contributed by atoms with Crippen LogP contribution in [-0.4, -0.2) is 25.0 Å². The Labute approximate surface area is 142 Å². The predicted molar refractivity (Wildman–Crippen MR) is 80.1 cm³/mol. The van der Waals surface area contributed by atoms with Gasteiger partial charge in [0.25, 0.3) is 5.82 Å². The summed E-state index contributed by atoms with van der Waals surface area (Å²) in [6, 6.07) is 3.40. The zero-order valence-corrected chi connectivity index (χ0v) is 13.8. The van der Waals surface area contributed by atoms with Gasteiger partial charge in [-0.15, -0.1) is 15.3 Å². The highest BCUT2D eigenvalue weighted by molar-refractivity contribution is 7.19. The molecule has 4 heterocycles. The van der Waals surface area contributed by atoms with Gasteiger partial charge >= 0.3 is 6.18 Å². The van der Waals surface area contributed by atoms with Gasteiger partial charge < -0.3 is 8.94 Å². The van der Waals surface area contributed by atoms with E-state index >= 15 is 0 Å². The van der Waals surface area contributed by atoms with Crippen LogP contribution in [0.25, 0.3) is 15.7 Å². The first-order valence-corrected chi connectivity index (χ1v) is 7.95. The van der Waals surface area contributed by atoms with Gasteiger partial charge in [0.15, 0.2) is 10.8 Å². The van der Waals surface area contributed by atoms with Gasteiger partial charge in [0, 0.05) is 12.0 Å². The van der Waals surface area contributed by atoms with Gasteiger partial charge in [-0.05, 0) is 26.0 Å². The Morgan fingerprint density at radius 1 is 1.20 bits per heavy atom. The molecule has 0 N–H and O–H groups in total. The van der Waals surface area contributed by atoms with Gasteiger partial charge in [0.1, 0.15) is 11.5 Å². The zero-order valence-electron chi connectivity index (χ0n) is 13.0. The molecule has 0 spiro atoms. The molecule has 0 unspecified atom stereocenters. The second kappa shape index (κ2) is 5.41. The lowest BCUT2D eigenvalue weighted by molar-refractivity contribution is -0.146. The Balaban J connectivity index is 1.66. The maximum absolute atomic E-state index is 12.9. The van der Waals surface area contributed by atoms with Crippen molar-refractivity contribution in [2.45, 2.75) is 26.4 Å². The quantitative estimate of drug-likeness (QED) is 0.548. The van der Waals surface area contributed by atoms with E-state index in [2.05, 4.69) is 20.5 Å². The minimum absolute atomic E-state index is 0.0472. The highest BCUT2D eigenvalue weighted by atomic mass is 32.1. The minimum Gasteiger partial charge on any atom is -0.458 e. The smallest absolute Gasteiger partial charge is 0.453 e. The highest BCUT2D eigenvalue weighted by Gasteiger charge is 2.38. The molecule has 0 aromatic carbocycles. The molecule has 0 fully saturated rings. The molecule has 4 aromatic heterocycles. The Kier molecular flexibility index (Phi) is 3.42. The number of fused-ring (bicyclic) bond motifs is 1. The number of aromatic nitrogens is 5. The van der Waals surface area contributed by atoms with Crippen molar-refractivity contribution in [1.82, 2.24) is 25.0 Å². The van der Waals surface area contributed by atoms with Crippen molar-refractivity contribution in [3.05, 3.63) is 40.7 Å². The molecule has 4 rings (SSSR count). The molecule has 0 bridgehead atoms. The van der Waals surface area contributed by atoms with E-state index < -0.39 is 12.0 Å². The molecular formula is C14H10F3N5O2S. The summed E-state index contributed by atoms with van der Waals surface area (Å²) in [4.78, 5) is 0.0472. The van der Waals surface area contributed by atoms with Crippen LogP contribution in [0.5, 0.6) is 0 Å². The van der Waals surface area contributed by atoms with Crippen molar-refractivity contribution in [3.63, 3.8) is 0 Å². The van der Waals surface area contributed by atoms with Gasteiger partial charge in [-0.1, -0.05) is 16.5 Å². The normalized spacial score (nSPS) is 12.4. The Bertz CT molecular complexity index is 1040. The van der Waals surface area contributed by atoms with Gasteiger partial charge in [-0.2, -0.15) is 17.7 Å². The van der Waals surface area contributed by atoms with E-state index in [0.29, 0.717) is 33.2 Å². The molecule has 11 heteroatoms. The van der Waals surface area contributed by atoms with Crippen LogP contribution in [0.2, 0.25) is 0 Å². The average Bonchev–Trinajstić information content (AvgIpc) is 3.25. The van der Waals surface area contributed by atoms with Gasteiger partial charge in [0.2, 0.25) is 4.96 Å². The molecule has 25 heavy (non-hydrogen) atoms. The van der Waals surface area contributed by atoms with E-state index in [1.54, 1.807) is 19.1 Å². The number of alkyl halides is 3. The maximum Gasteiger partial charge on any atom is 0.453 e. The summed E-state index contributed by atoms with van der Waals surface area (Å²) >= 11 is 0.969. The number of halogens is 3. The van der Waals surface area contributed by atoms with Crippen molar-refractivity contribution in [2.24, 2.45) is 0 Å². The van der Waals surface area contributed by atoms with Gasteiger partial charge in [0.05, 0.1) is 5.69 Å². The topological polar surface area (TPSA) is 82.2 Å². The first-order chi connectivity index (χ1) is 11.8. The molecule has 4 aromatic rings. The van der Waals surface area contributed by atoms with E-state index in [9.17, 15) is 13.2 Å². The predicted octanol–water partition coefficient (Wildman–Crippen LogP) is 3.66. The Morgan fingerprint density at radius 2 is 2.00 bits per heavy atom. The number of furan rings is 1. The largest absolute Gasteiger partial charge is 0.458 e. The van der Waals surface area contributed by atoms with Crippen molar-refractivity contribution < 1.29 is 22.1 Å². The van der Waals surface area contributed by atoms with E-state index in [1.807, 2.05) is 6.92 Å². The third-order valence-corrected chi connectivity index (χ3v) is 4.56. The molecule has 7 nitrogen and oxygen atoms in total. The lowest BCUT2D eigenvalue weighted by Crippen LogP contribution is -2.11. The molecule has 0 atom stereocenters. The molecular weight excluding hydrogens is 359 g/mol. The molecule has 130 valence electrons. The maximum atomic E-state index is 12.9. The summed E-state index contributed by atoms with van der Waals surface area (Å²) in [6.45, 7) is 3.64. The number of aryl methyl sites for hydroxylation is 2. The van der Waals surface area contributed by atoms with E-state index in [4.69, 9.17) is 8.94 Å².